The Balaban J connectivity index is 1.83. The molecule has 0 saturated heterocycles. The highest BCUT2D eigenvalue weighted by Crippen LogP contribution is 2.23. The van der Waals surface area contributed by atoms with Crippen molar-refractivity contribution in [2.24, 2.45) is 7.05 Å². The van der Waals surface area contributed by atoms with Crippen LogP contribution in [-0.2, 0) is 7.05 Å². The van der Waals surface area contributed by atoms with E-state index in [1.807, 2.05) is 13.8 Å². The molecule has 2 N–H and O–H groups in total. The van der Waals surface area contributed by atoms with Gasteiger partial charge in [-0.25, -0.2) is 0 Å². The molecule has 3 rings (SSSR count). The molecule has 2 amide bonds. The second-order valence-electron chi connectivity index (χ2n) is 6.37. The number of aromatic nitrogens is 2. The molecule has 0 radical (unpaired) electrons. The summed E-state index contributed by atoms with van der Waals surface area (Å²) in [6, 6.07) is 10.4. The number of nitrogens with one attached hydrogen (secondary N) is 2. The Labute approximate surface area is 172 Å². The number of hydrogen-bond acceptors (Lipinski definition) is 3. The lowest BCUT2D eigenvalue weighted by molar-refractivity contribution is 0.0985. The number of carbonyl (C=O) groups excluding carboxylic acids is 2. The molecule has 1 aromatic heterocycles. The Kier molecular flexibility index (Phi) is 5.72. The fourth-order valence-electron chi connectivity index (χ4n) is 2.60. The van der Waals surface area contributed by atoms with E-state index in [1.54, 1.807) is 43.4 Å². The molecule has 0 saturated carbocycles. The van der Waals surface area contributed by atoms with E-state index in [9.17, 15) is 9.59 Å². The largest absolute Gasteiger partial charge is 0.322 e. The minimum absolute atomic E-state index is 0.132. The molecule has 144 valence electrons. The highest BCUT2D eigenvalue weighted by molar-refractivity contribution is 6.32. The lowest BCUT2D eigenvalue weighted by Gasteiger charge is -2.10. The van der Waals surface area contributed by atoms with Crippen molar-refractivity contribution in [1.82, 2.24) is 9.78 Å². The average molecular weight is 417 g/mol. The Morgan fingerprint density at radius 1 is 0.893 bits per heavy atom. The van der Waals surface area contributed by atoms with Gasteiger partial charge in [0.05, 0.1) is 11.8 Å². The highest BCUT2D eigenvalue weighted by Gasteiger charge is 2.22. The van der Waals surface area contributed by atoms with Gasteiger partial charge >= 0.3 is 0 Å². The van der Waals surface area contributed by atoms with Gasteiger partial charge in [-0.15, -0.1) is 0 Å². The summed E-state index contributed by atoms with van der Waals surface area (Å²) in [6.07, 6.45) is 1.35. The smallest absolute Gasteiger partial charge is 0.274 e. The van der Waals surface area contributed by atoms with Gasteiger partial charge in [0, 0.05) is 28.5 Å². The predicted molar refractivity (Wildman–Crippen MR) is 111 cm³/mol. The molecular weight excluding hydrogens is 399 g/mol. The van der Waals surface area contributed by atoms with Crippen LogP contribution in [-0.4, -0.2) is 21.6 Å². The van der Waals surface area contributed by atoms with E-state index >= 15 is 0 Å². The van der Waals surface area contributed by atoms with Crippen LogP contribution >= 0.6 is 23.2 Å². The third-order valence-electron chi connectivity index (χ3n) is 4.26. The predicted octanol–water partition coefficient (Wildman–Crippen LogP) is 4.85. The molecule has 0 spiro atoms. The van der Waals surface area contributed by atoms with Gasteiger partial charge < -0.3 is 10.6 Å². The summed E-state index contributed by atoms with van der Waals surface area (Å²) < 4.78 is 1.35. The molecule has 0 fully saturated rings. The van der Waals surface area contributed by atoms with Crippen molar-refractivity contribution in [3.8, 4) is 0 Å². The van der Waals surface area contributed by atoms with Gasteiger partial charge in [0.1, 0.15) is 5.69 Å². The standard InChI is InChI=1S/C20H18Cl2N4O2/c1-11-4-6-13(8-16(11)21)24-19(27)15-10-23-26(3)18(15)20(28)25-14-7-5-12(2)17(22)9-14/h4-10H,1-3H3,(H,24,27)(H,25,28). The molecule has 0 unspecified atom stereocenters. The molecule has 0 aliphatic carbocycles. The van der Waals surface area contributed by atoms with Crippen molar-refractivity contribution in [3.05, 3.63) is 75.0 Å². The van der Waals surface area contributed by atoms with Gasteiger partial charge in [-0.3, -0.25) is 14.3 Å². The maximum atomic E-state index is 12.8. The number of nitrogens with zero attached hydrogens (tertiary/aromatic N) is 2. The van der Waals surface area contributed by atoms with Crippen molar-refractivity contribution in [2.45, 2.75) is 13.8 Å². The fraction of sp³-hybridized carbons (Fsp3) is 0.150. The summed E-state index contributed by atoms with van der Waals surface area (Å²) in [6.45, 7) is 3.74. The lowest BCUT2D eigenvalue weighted by atomic mass is 10.2. The van der Waals surface area contributed by atoms with E-state index in [4.69, 9.17) is 23.2 Å². The van der Waals surface area contributed by atoms with Crippen molar-refractivity contribution < 1.29 is 9.59 Å². The van der Waals surface area contributed by atoms with Crippen LogP contribution < -0.4 is 10.6 Å². The average Bonchev–Trinajstić information content (AvgIpc) is 3.03. The van der Waals surface area contributed by atoms with Crippen molar-refractivity contribution >= 4 is 46.4 Å². The second-order valence-corrected chi connectivity index (χ2v) is 7.18. The highest BCUT2D eigenvalue weighted by atomic mass is 35.5. The Hall–Kier alpha value is -2.83. The quantitative estimate of drug-likeness (QED) is 0.637. The Bertz CT molecular complexity index is 1080. The summed E-state index contributed by atoms with van der Waals surface area (Å²) in [5.74, 6) is -0.924. The first-order valence-electron chi connectivity index (χ1n) is 8.43. The minimum Gasteiger partial charge on any atom is -0.322 e. The van der Waals surface area contributed by atoms with Crippen LogP contribution in [0, 0.1) is 13.8 Å². The topological polar surface area (TPSA) is 76.0 Å². The SMILES string of the molecule is Cc1ccc(NC(=O)c2cnn(C)c2C(=O)Nc2ccc(C)c(Cl)c2)cc1Cl. The van der Waals surface area contributed by atoms with Crippen molar-refractivity contribution in [3.63, 3.8) is 0 Å². The first kappa shape index (κ1) is 19.9. The van der Waals surface area contributed by atoms with Crippen molar-refractivity contribution in [1.29, 1.82) is 0 Å². The number of amides is 2. The number of anilines is 2. The third-order valence-corrected chi connectivity index (χ3v) is 5.07. The summed E-state index contributed by atoms with van der Waals surface area (Å²) in [5, 5.41) is 10.6. The molecule has 6 nitrogen and oxygen atoms in total. The zero-order chi connectivity index (χ0) is 20.4. The number of halogens is 2. The Morgan fingerprint density at radius 2 is 1.39 bits per heavy atom. The normalized spacial score (nSPS) is 10.6. The first-order valence-corrected chi connectivity index (χ1v) is 9.19. The summed E-state index contributed by atoms with van der Waals surface area (Å²) in [4.78, 5) is 25.4. The lowest BCUT2D eigenvalue weighted by Crippen LogP contribution is -2.22. The molecular formula is C20H18Cl2N4O2. The monoisotopic (exact) mass is 416 g/mol. The molecule has 2 aromatic carbocycles. The third kappa shape index (κ3) is 4.18. The number of rotatable bonds is 4. The van der Waals surface area contributed by atoms with Gasteiger partial charge in [0.25, 0.3) is 11.8 Å². The number of benzene rings is 2. The van der Waals surface area contributed by atoms with E-state index < -0.39 is 11.8 Å². The zero-order valence-electron chi connectivity index (χ0n) is 15.5. The molecule has 0 atom stereocenters. The van der Waals surface area contributed by atoms with Crippen LogP contribution in [0.15, 0.2) is 42.6 Å². The van der Waals surface area contributed by atoms with Crippen LogP contribution in [0.4, 0.5) is 11.4 Å². The van der Waals surface area contributed by atoms with Crippen LogP contribution in [0.3, 0.4) is 0 Å². The molecule has 0 aliphatic heterocycles. The van der Waals surface area contributed by atoms with Crippen LogP contribution in [0.5, 0.6) is 0 Å². The molecule has 0 aliphatic rings. The minimum atomic E-state index is -0.466. The Morgan fingerprint density at radius 3 is 1.89 bits per heavy atom. The van der Waals surface area contributed by atoms with Crippen molar-refractivity contribution in [2.75, 3.05) is 10.6 Å². The molecule has 0 bridgehead atoms. The fourth-order valence-corrected chi connectivity index (χ4v) is 2.96. The first-order chi connectivity index (χ1) is 13.3. The van der Waals surface area contributed by atoms with Gasteiger partial charge in [0.2, 0.25) is 0 Å². The van der Waals surface area contributed by atoms with Gasteiger partial charge in [-0.2, -0.15) is 5.10 Å². The van der Waals surface area contributed by atoms with Crippen LogP contribution in [0.1, 0.15) is 32.0 Å². The van der Waals surface area contributed by atoms with E-state index in [1.165, 1.54) is 10.9 Å². The second kappa shape index (κ2) is 8.04. The van der Waals surface area contributed by atoms with E-state index in [-0.39, 0.29) is 11.3 Å². The number of aryl methyl sites for hydroxylation is 3. The van der Waals surface area contributed by atoms with E-state index in [0.29, 0.717) is 21.4 Å². The van der Waals surface area contributed by atoms with E-state index in [0.717, 1.165) is 11.1 Å². The number of hydrogen-bond donors (Lipinski definition) is 2. The summed E-state index contributed by atoms with van der Waals surface area (Å²) in [5.41, 5.74) is 3.14. The van der Waals surface area contributed by atoms with Crippen LogP contribution in [0.25, 0.3) is 0 Å². The zero-order valence-corrected chi connectivity index (χ0v) is 17.0. The van der Waals surface area contributed by atoms with E-state index in [2.05, 4.69) is 15.7 Å². The maximum Gasteiger partial charge on any atom is 0.274 e. The maximum absolute atomic E-state index is 12.8. The molecule has 3 aromatic rings. The van der Waals surface area contributed by atoms with Gasteiger partial charge in [-0.05, 0) is 49.2 Å². The number of carbonyl (C=O) groups is 2. The summed E-state index contributed by atoms with van der Waals surface area (Å²) >= 11 is 12.2. The molecule has 8 heteroatoms. The van der Waals surface area contributed by atoms with Gasteiger partial charge in [0.15, 0.2) is 0 Å². The summed E-state index contributed by atoms with van der Waals surface area (Å²) in [7, 11) is 1.59. The van der Waals surface area contributed by atoms with Crippen LogP contribution in [0.2, 0.25) is 10.0 Å². The molecule has 1 heterocycles. The van der Waals surface area contributed by atoms with Gasteiger partial charge in [-0.1, -0.05) is 35.3 Å². The molecule has 28 heavy (non-hydrogen) atoms.